The van der Waals surface area contributed by atoms with Gasteiger partial charge in [-0.3, -0.25) is 14.5 Å². The van der Waals surface area contributed by atoms with Gasteiger partial charge in [0.1, 0.15) is 23.0 Å². The van der Waals surface area contributed by atoms with Crippen LogP contribution in [0.5, 0.6) is 17.2 Å². The summed E-state index contributed by atoms with van der Waals surface area (Å²) in [5, 5.41) is 22.0. The van der Waals surface area contributed by atoms with E-state index in [4.69, 9.17) is 14.2 Å². The number of esters is 1. The maximum atomic E-state index is 13.6. The lowest BCUT2D eigenvalue weighted by atomic mass is 9.95. The molecule has 0 radical (unpaired) electrons. The Morgan fingerprint density at radius 1 is 0.978 bits per heavy atom. The van der Waals surface area contributed by atoms with Gasteiger partial charge in [-0.25, -0.2) is 9.78 Å². The zero-order valence-corrected chi connectivity index (χ0v) is 26.0. The highest BCUT2D eigenvalue weighted by Gasteiger charge is 2.48. The number of thiazole rings is 1. The Labute approximate surface area is 264 Å². The molecule has 10 nitrogen and oxygen atoms in total. The van der Waals surface area contributed by atoms with Crippen molar-refractivity contribution in [1.29, 1.82) is 0 Å². The van der Waals surface area contributed by atoms with E-state index in [1.807, 2.05) is 31.2 Å². The van der Waals surface area contributed by atoms with E-state index in [-0.39, 0.29) is 45.9 Å². The van der Waals surface area contributed by atoms with Crippen molar-refractivity contribution in [2.24, 2.45) is 0 Å². The van der Waals surface area contributed by atoms with E-state index >= 15 is 0 Å². The van der Waals surface area contributed by atoms with Crippen LogP contribution in [0.3, 0.4) is 0 Å². The minimum atomic E-state index is -1.15. The first kappa shape index (κ1) is 31.3. The lowest BCUT2D eigenvalue weighted by Crippen LogP contribution is -2.29. The number of aliphatic hydroxyl groups excluding tert-OH is 1. The summed E-state index contributed by atoms with van der Waals surface area (Å²) in [5.41, 5.74) is 2.94. The topological polar surface area (TPSA) is 135 Å². The van der Waals surface area contributed by atoms with E-state index in [0.717, 1.165) is 27.4 Å². The van der Waals surface area contributed by atoms with E-state index < -0.39 is 29.5 Å². The quantitative estimate of drug-likeness (QED) is 0.0905. The summed E-state index contributed by atoms with van der Waals surface area (Å²) in [6.45, 7) is 7.80. The molecule has 1 amide bonds. The van der Waals surface area contributed by atoms with Crippen LogP contribution in [-0.4, -0.2) is 46.1 Å². The van der Waals surface area contributed by atoms with Gasteiger partial charge >= 0.3 is 11.9 Å². The summed E-state index contributed by atoms with van der Waals surface area (Å²) >= 11 is 0.909. The fourth-order valence-electron chi connectivity index (χ4n) is 4.99. The molecule has 0 spiro atoms. The molecule has 1 atom stereocenters. The van der Waals surface area contributed by atoms with Crippen LogP contribution < -0.4 is 14.4 Å². The largest absolute Gasteiger partial charge is 0.507 e. The number of hydrogen-bond acceptors (Lipinski definition) is 10. The Bertz CT molecular complexity index is 1790. The average Bonchev–Trinajstić information content (AvgIpc) is 3.54. The zero-order valence-electron chi connectivity index (χ0n) is 25.2. The minimum absolute atomic E-state index is 0.0766. The maximum absolute atomic E-state index is 13.6. The van der Waals surface area contributed by atoms with Crippen molar-refractivity contribution in [3.05, 3.63) is 105 Å². The van der Waals surface area contributed by atoms with Crippen LogP contribution in [-0.2, 0) is 20.9 Å². The highest BCUT2D eigenvalue weighted by Crippen LogP contribution is 2.45. The van der Waals surface area contributed by atoms with Crippen molar-refractivity contribution >= 4 is 39.9 Å². The molecule has 45 heavy (non-hydrogen) atoms. The van der Waals surface area contributed by atoms with Crippen molar-refractivity contribution in [2.75, 3.05) is 18.1 Å². The molecule has 1 saturated heterocycles. The SMILES string of the molecule is CCOC(=O)c1sc(N2C(=O)C(=O)/C(=C(/O)c3ccc(OCc4ccccc4C)cc3)C2c2ccc(O)c(OCC)c2)nc1C. The second-order valence-corrected chi connectivity index (χ2v) is 11.2. The van der Waals surface area contributed by atoms with Crippen LogP contribution in [0.15, 0.2) is 72.3 Å². The average molecular weight is 629 g/mol. The third kappa shape index (κ3) is 6.25. The number of phenols is 1. The Morgan fingerprint density at radius 3 is 2.40 bits per heavy atom. The number of Topliss-reactive ketones (excluding diaryl/α,β-unsaturated/α-hetero) is 1. The second-order valence-electron chi connectivity index (χ2n) is 10.2. The van der Waals surface area contributed by atoms with Gasteiger partial charge in [-0.05, 0) is 80.8 Å². The molecule has 4 aromatic rings. The van der Waals surface area contributed by atoms with Crippen LogP contribution >= 0.6 is 11.3 Å². The van der Waals surface area contributed by atoms with Crippen LogP contribution in [0, 0.1) is 13.8 Å². The number of aliphatic hydroxyl groups is 1. The number of ether oxygens (including phenoxy) is 3. The number of carbonyl (C=O) groups excluding carboxylic acids is 3. The molecule has 2 N–H and O–H groups in total. The standard InChI is InChI=1S/C34H32N2O8S/c1-5-42-26-17-22(13-16-25(26)37)28-27(30(39)32(40)36(28)34-35-20(4)31(45-34)33(41)43-6-2)29(38)21-11-14-24(15-12-21)44-18-23-10-8-7-9-19(23)3/h7-17,28,37-38H,5-6,18H2,1-4H3/b29-27+. The van der Waals surface area contributed by atoms with E-state index in [1.165, 1.54) is 18.2 Å². The fraction of sp³-hybridized carbons (Fsp3) is 0.235. The number of aryl methyl sites for hydroxylation is 2. The zero-order chi connectivity index (χ0) is 32.2. The third-order valence-electron chi connectivity index (χ3n) is 7.28. The molecular formula is C34H32N2O8S. The number of rotatable bonds is 10. The van der Waals surface area contributed by atoms with Gasteiger partial charge in [0.05, 0.1) is 30.5 Å². The molecule has 232 valence electrons. The third-order valence-corrected chi connectivity index (χ3v) is 8.42. The van der Waals surface area contributed by atoms with E-state index in [0.29, 0.717) is 23.6 Å². The minimum Gasteiger partial charge on any atom is -0.507 e. The summed E-state index contributed by atoms with van der Waals surface area (Å²) in [7, 11) is 0. The van der Waals surface area contributed by atoms with Gasteiger partial charge in [-0.2, -0.15) is 0 Å². The molecule has 0 aliphatic carbocycles. The van der Waals surface area contributed by atoms with Crippen molar-refractivity contribution in [2.45, 2.75) is 40.3 Å². The Balaban J connectivity index is 1.57. The molecule has 1 unspecified atom stereocenters. The second kappa shape index (κ2) is 13.2. The molecule has 1 aromatic heterocycles. The predicted molar refractivity (Wildman–Crippen MR) is 169 cm³/mol. The highest BCUT2D eigenvalue weighted by molar-refractivity contribution is 7.17. The van der Waals surface area contributed by atoms with Gasteiger partial charge in [0.15, 0.2) is 16.6 Å². The van der Waals surface area contributed by atoms with Gasteiger partial charge in [0.2, 0.25) is 0 Å². The van der Waals surface area contributed by atoms with Gasteiger partial charge in [0, 0.05) is 5.56 Å². The molecule has 2 heterocycles. The van der Waals surface area contributed by atoms with Crippen LogP contribution in [0.1, 0.15) is 57.5 Å². The smallest absolute Gasteiger partial charge is 0.350 e. The lowest BCUT2D eigenvalue weighted by Gasteiger charge is -2.23. The summed E-state index contributed by atoms with van der Waals surface area (Å²) < 4.78 is 16.6. The lowest BCUT2D eigenvalue weighted by molar-refractivity contribution is -0.132. The Hall–Kier alpha value is -5.16. The summed E-state index contributed by atoms with van der Waals surface area (Å²) in [5.74, 6) is -2.32. The van der Waals surface area contributed by atoms with Gasteiger partial charge in [0.25, 0.3) is 5.78 Å². The highest BCUT2D eigenvalue weighted by atomic mass is 32.1. The predicted octanol–water partition coefficient (Wildman–Crippen LogP) is 6.25. The molecule has 5 rings (SSSR count). The molecule has 1 aliphatic rings. The number of ketones is 1. The summed E-state index contributed by atoms with van der Waals surface area (Å²) in [6, 6.07) is 17.7. The molecule has 11 heteroatoms. The van der Waals surface area contributed by atoms with Gasteiger partial charge in [-0.1, -0.05) is 41.7 Å². The number of amides is 1. The van der Waals surface area contributed by atoms with Crippen LogP contribution in [0.4, 0.5) is 5.13 Å². The van der Waals surface area contributed by atoms with E-state index in [9.17, 15) is 24.6 Å². The van der Waals surface area contributed by atoms with E-state index in [2.05, 4.69) is 4.98 Å². The number of benzene rings is 3. The number of phenolic OH excluding ortho intramolecular Hbond substituents is 1. The Kier molecular flexibility index (Phi) is 9.19. The summed E-state index contributed by atoms with van der Waals surface area (Å²) in [4.78, 5) is 45.6. The van der Waals surface area contributed by atoms with Crippen LogP contribution in [0.2, 0.25) is 0 Å². The summed E-state index contributed by atoms with van der Waals surface area (Å²) in [6.07, 6.45) is 0. The first-order valence-corrected chi connectivity index (χ1v) is 15.1. The molecule has 0 bridgehead atoms. The number of aromatic nitrogens is 1. The van der Waals surface area contributed by atoms with Crippen molar-refractivity contribution in [1.82, 2.24) is 4.98 Å². The number of carbonyl (C=O) groups is 3. The normalized spacial score (nSPS) is 15.7. The molecule has 1 aliphatic heterocycles. The van der Waals surface area contributed by atoms with Crippen molar-refractivity contribution in [3.8, 4) is 17.2 Å². The fourth-order valence-corrected chi connectivity index (χ4v) is 5.97. The van der Waals surface area contributed by atoms with Gasteiger partial charge in [-0.15, -0.1) is 0 Å². The molecule has 0 saturated carbocycles. The molecular weight excluding hydrogens is 596 g/mol. The first-order valence-electron chi connectivity index (χ1n) is 14.3. The number of hydrogen-bond donors (Lipinski definition) is 2. The number of aromatic hydroxyl groups is 1. The van der Waals surface area contributed by atoms with E-state index in [1.54, 1.807) is 45.0 Å². The number of anilines is 1. The first-order chi connectivity index (χ1) is 21.6. The van der Waals surface area contributed by atoms with Gasteiger partial charge < -0.3 is 24.4 Å². The maximum Gasteiger partial charge on any atom is 0.350 e. The number of nitrogens with zero attached hydrogens (tertiary/aromatic N) is 2. The van der Waals surface area contributed by atoms with Crippen molar-refractivity contribution in [3.63, 3.8) is 0 Å². The molecule has 1 fully saturated rings. The Morgan fingerprint density at radius 2 is 1.71 bits per heavy atom. The van der Waals surface area contributed by atoms with Crippen LogP contribution in [0.25, 0.3) is 5.76 Å². The molecule has 3 aromatic carbocycles. The van der Waals surface area contributed by atoms with Crippen molar-refractivity contribution < 1.29 is 38.8 Å². The monoisotopic (exact) mass is 628 g/mol.